The van der Waals surface area contributed by atoms with Crippen molar-refractivity contribution < 1.29 is 9.53 Å². The first-order chi connectivity index (χ1) is 7.63. The summed E-state index contributed by atoms with van der Waals surface area (Å²) in [5.74, 6) is 1.73. The van der Waals surface area contributed by atoms with Crippen LogP contribution in [-0.2, 0) is 4.74 Å². The van der Waals surface area contributed by atoms with Gasteiger partial charge in [0.1, 0.15) is 5.60 Å². The van der Waals surface area contributed by atoms with E-state index in [1.54, 1.807) is 0 Å². The molecule has 0 aromatic carbocycles. The molecule has 0 unspecified atom stereocenters. The molecule has 0 aromatic rings. The third kappa shape index (κ3) is 3.36. The number of amides is 1. The van der Waals surface area contributed by atoms with Gasteiger partial charge in [0, 0.05) is 12.6 Å². The van der Waals surface area contributed by atoms with E-state index in [-0.39, 0.29) is 12.1 Å². The lowest BCUT2D eigenvalue weighted by Crippen LogP contribution is -2.40. The summed E-state index contributed by atoms with van der Waals surface area (Å²) in [6, 6.07) is 0.278. The molecule has 1 amide bonds. The minimum Gasteiger partial charge on any atom is -0.444 e. The maximum Gasteiger partial charge on any atom is 0.410 e. The summed E-state index contributed by atoms with van der Waals surface area (Å²) < 4.78 is 5.46. The first kappa shape index (κ1) is 14.3. The summed E-state index contributed by atoms with van der Waals surface area (Å²) in [6.45, 7) is 15.4. The fourth-order valence-electron chi connectivity index (χ4n) is 3.06. The third-order valence-corrected chi connectivity index (χ3v) is 3.59. The van der Waals surface area contributed by atoms with Gasteiger partial charge in [-0.25, -0.2) is 4.79 Å². The average Bonchev–Trinajstić information content (AvgIpc) is 2.38. The molecule has 1 aliphatic heterocycles. The van der Waals surface area contributed by atoms with Gasteiger partial charge >= 0.3 is 6.09 Å². The van der Waals surface area contributed by atoms with Crippen LogP contribution >= 0.6 is 0 Å². The van der Waals surface area contributed by atoms with E-state index in [1.807, 2.05) is 25.7 Å². The molecule has 3 nitrogen and oxygen atoms in total. The first-order valence-corrected chi connectivity index (χ1v) is 6.63. The van der Waals surface area contributed by atoms with E-state index in [4.69, 9.17) is 4.74 Å². The second-order valence-electron chi connectivity index (χ2n) is 6.67. The monoisotopic (exact) mass is 241 g/mol. The van der Waals surface area contributed by atoms with Gasteiger partial charge in [0.2, 0.25) is 0 Å². The summed E-state index contributed by atoms with van der Waals surface area (Å²) in [7, 11) is 0. The molecule has 0 spiro atoms. The molecule has 3 atom stereocenters. The van der Waals surface area contributed by atoms with Crippen LogP contribution in [-0.4, -0.2) is 29.2 Å². The number of likely N-dealkylation sites (tertiary alicyclic amines) is 1. The number of hydrogen-bond donors (Lipinski definition) is 0. The van der Waals surface area contributed by atoms with Crippen molar-refractivity contribution in [3.63, 3.8) is 0 Å². The summed E-state index contributed by atoms with van der Waals surface area (Å²) >= 11 is 0. The van der Waals surface area contributed by atoms with Crippen LogP contribution in [0, 0.1) is 17.8 Å². The normalized spacial score (nSPS) is 29.9. The number of ether oxygens (including phenoxy) is 1. The van der Waals surface area contributed by atoms with Crippen LogP contribution in [0.5, 0.6) is 0 Å². The lowest BCUT2D eigenvalue weighted by molar-refractivity contribution is 0.0214. The van der Waals surface area contributed by atoms with Gasteiger partial charge in [0.25, 0.3) is 0 Å². The van der Waals surface area contributed by atoms with Crippen molar-refractivity contribution in [3.8, 4) is 0 Å². The van der Waals surface area contributed by atoms with E-state index in [0.29, 0.717) is 17.8 Å². The van der Waals surface area contributed by atoms with Gasteiger partial charge in [-0.2, -0.15) is 0 Å². The van der Waals surface area contributed by atoms with Gasteiger partial charge in [-0.3, -0.25) is 0 Å². The van der Waals surface area contributed by atoms with Gasteiger partial charge in [-0.05, 0) is 45.4 Å². The SMILES string of the molecule is CC(C)[C@@H]1[C@H](C)CN(C(=O)OC(C)(C)C)[C@@H]1C. The first-order valence-electron chi connectivity index (χ1n) is 6.63. The molecule has 1 aliphatic rings. The Morgan fingerprint density at radius 1 is 1.29 bits per heavy atom. The molecule has 1 heterocycles. The fraction of sp³-hybridized carbons (Fsp3) is 0.929. The van der Waals surface area contributed by atoms with E-state index >= 15 is 0 Å². The molecule has 0 N–H and O–H groups in total. The van der Waals surface area contributed by atoms with E-state index in [1.165, 1.54) is 0 Å². The van der Waals surface area contributed by atoms with E-state index in [0.717, 1.165) is 6.54 Å². The lowest BCUT2D eigenvalue weighted by atomic mass is 9.83. The van der Waals surface area contributed by atoms with E-state index in [9.17, 15) is 4.79 Å². The number of carbonyl (C=O) groups excluding carboxylic acids is 1. The molecule has 1 rings (SSSR count). The summed E-state index contributed by atoms with van der Waals surface area (Å²) in [5, 5.41) is 0. The number of rotatable bonds is 1. The number of carbonyl (C=O) groups is 1. The van der Waals surface area contributed by atoms with Crippen LogP contribution in [0.15, 0.2) is 0 Å². The molecular formula is C14H27NO2. The Balaban J connectivity index is 2.72. The zero-order valence-corrected chi connectivity index (χ0v) is 12.3. The zero-order valence-electron chi connectivity index (χ0n) is 12.3. The smallest absolute Gasteiger partial charge is 0.410 e. The second-order valence-corrected chi connectivity index (χ2v) is 6.67. The lowest BCUT2D eigenvalue weighted by Gasteiger charge is -2.29. The Labute approximate surface area is 106 Å². The third-order valence-electron chi connectivity index (χ3n) is 3.59. The van der Waals surface area contributed by atoms with Crippen molar-refractivity contribution in [1.29, 1.82) is 0 Å². The highest BCUT2D eigenvalue weighted by Gasteiger charge is 2.41. The molecular weight excluding hydrogens is 214 g/mol. The Bertz CT molecular complexity index is 280. The van der Waals surface area contributed by atoms with Crippen molar-refractivity contribution in [3.05, 3.63) is 0 Å². The quantitative estimate of drug-likeness (QED) is 0.703. The fourth-order valence-corrected chi connectivity index (χ4v) is 3.06. The molecule has 0 saturated carbocycles. The Morgan fingerprint density at radius 2 is 1.82 bits per heavy atom. The minimum absolute atomic E-state index is 0.167. The van der Waals surface area contributed by atoms with Crippen LogP contribution in [0.4, 0.5) is 4.79 Å². The van der Waals surface area contributed by atoms with Crippen LogP contribution in [0.2, 0.25) is 0 Å². The maximum absolute atomic E-state index is 12.1. The molecule has 1 saturated heterocycles. The van der Waals surface area contributed by atoms with Crippen LogP contribution < -0.4 is 0 Å². The average molecular weight is 241 g/mol. The van der Waals surface area contributed by atoms with E-state index < -0.39 is 5.60 Å². The summed E-state index contributed by atoms with van der Waals surface area (Å²) in [4.78, 5) is 14.0. The van der Waals surface area contributed by atoms with Gasteiger partial charge in [0.05, 0.1) is 0 Å². The molecule has 1 fully saturated rings. The number of nitrogens with zero attached hydrogens (tertiary/aromatic N) is 1. The molecule has 0 bridgehead atoms. The molecule has 0 aromatic heterocycles. The highest BCUT2D eigenvalue weighted by atomic mass is 16.6. The molecule has 0 radical (unpaired) electrons. The largest absolute Gasteiger partial charge is 0.444 e. The standard InChI is InChI=1S/C14H27NO2/c1-9(2)12-10(3)8-15(11(12)4)13(16)17-14(5,6)7/h9-12H,8H2,1-7H3/t10-,11-,12-/m1/s1. The molecule has 3 heteroatoms. The van der Waals surface area contributed by atoms with Crippen molar-refractivity contribution in [2.24, 2.45) is 17.8 Å². The van der Waals surface area contributed by atoms with Crippen molar-refractivity contribution in [1.82, 2.24) is 4.90 Å². The van der Waals surface area contributed by atoms with Crippen molar-refractivity contribution in [2.45, 2.75) is 60.1 Å². The van der Waals surface area contributed by atoms with Gasteiger partial charge in [-0.15, -0.1) is 0 Å². The van der Waals surface area contributed by atoms with Gasteiger partial charge in [-0.1, -0.05) is 20.8 Å². The van der Waals surface area contributed by atoms with Crippen LogP contribution in [0.1, 0.15) is 48.5 Å². The predicted octanol–water partition coefficient (Wildman–Crippen LogP) is 3.53. The Hall–Kier alpha value is -0.730. The summed E-state index contributed by atoms with van der Waals surface area (Å²) in [5.41, 5.74) is -0.407. The minimum atomic E-state index is -0.407. The maximum atomic E-state index is 12.1. The van der Waals surface area contributed by atoms with Crippen molar-refractivity contribution >= 4 is 6.09 Å². The molecule has 0 aliphatic carbocycles. The van der Waals surface area contributed by atoms with Gasteiger partial charge in [0.15, 0.2) is 0 Å². The van der Waals surface area contributed by atoms with Crippen molar-refractivity contribution in [2.75, 3.05) is 6.54 Å². The Kier molecular flexibility index (Phi) is 4.11. The second kappa shape index (κ2) is 4.87. The highest BCUT2D eigenvalue weighted by molar-refractivity contribution is 5.69. The van der Waals surface area contributed by atoms with Gasteiger partial charge < -0.3 is 9.64 Å². The van der Waals surface area contributed by atoms with Crippen LogP contribution in [0.25, 0.3) is 0 Å². The highest BCUT2D eigenvalue weighted by Crippen LogP contribution is 2.35. The topological polar surface area (TPSA) is 29.5 Å². The summed E-state index contributed by atoms with van der Waals surface area (Å²) in [6.07, 6.45) is -0.167. The van der Waals surface area contributed by atoms with Crippen LogP contribution in [0.3, 0.4) is 0 Å². The molecule has 100 valence electrons. The Morgan fingerprint density at radius 3 is 2.18 bits per heavy atom. The zero-order chi connectivity index (χ0) is 13.4. The molecule has 17 heavy (non-hydrogen) atoms. The van der Waals surface area contributed by atoms with E-state index in [2.05, 4.69) is 27.7 Å². The predicted molar refractivity (Wildman–Crippen MR) is 69.9 cm³/mol. The number of hydrogen-bond acceptors (Lipinski definition) is 2.